The van der Waals surface area contributed by atoms with Crippen LogP contribution in [0.1, 0.15) is 63.7 Å². The van der Waals surface area contributed by atoms with E-state index in [0.29, 0.717) is 17.7 Å². The number of Topliss-reactive ketones (excluding diaryl/α,β-unsaturated/α-hetero) is 1. The topological polar surface area (TPSA) is 52.6 Å². The molecule has 3 rings (SSSR count). The SMILES string of the molecule is Cc1ccc(C(=O)COC(=O)c2ccc(COc3ccc(C(C)(C)C)cc3)cc2)cc1C. The van der Waals surface area contributed by atoms with Gasteiger partial charge in [-0.2, -0.15) is 0 Å². The molecule has 0 saturated carbocycles. The molecule has 0 atom stereocenters. The highest BCUT2D eigenvalue weighted by molar-refractivity contribution is 5.99. The first kappa shape index (κ1) is 23.3. The quantitative estimate of drug-likeness (QED) is 0.330. The fourth-order valence-electron chi connectivity index (χ4n) is 3.17. The number of carbonyl (C=O) groups is 2. The Hall–Kier alpha value is -3.40. The van der Waals surface area contributed by atoms with E-state index in [1.54, 1.807) is 18.2 Å². The van der Waals surface area contributed by atoms with Crippen LogP contribution in [0.5, 0.6) is 5.75 Å². The first-order valence-corrected chi connectivity index (χ1v) is 10.7. The molecule has 0 aliphatic heterocycles. The number of carbonyl (C=O) groups excluding carboxylic acids is 2. The fourth-order valence-corrected chi connectivity index (χ4v) is 3.17. The third-order valence-corrected chi connectivity index (χ3v) is 5.48. The highest BCUT2D eigenvalue weighted by Crippen LogP contribution is 2.24. The number of aryl methyl sites for hydroxylation is 2. The van der Waals surface area contributed by atoms with Crippen molar-refractivity contribution in [2.45, 2.75) is 46.6 Å². The van der Waals surface area contributed by atoms with Crippen LogP contribution in [-0.4, -0.2) is 18.4 Å². The normalized spacial score (nSPS) is 11.2. The number of esters is 1. The van der Waals surface area contributed by atoms with Crippen LogP contribution in [0, 0.1) is 13.8 Å². The molecule has 4 heteroatoms. The van der Waals surface area contributed by atoms with Gasteiger partial charge in [-0.25, -0.2) is 4.79 Å². The first-order valence-electron chi connectivity index (χ1n) is 10.7. The van der Waals surface area contributed by atoms with Crippen LogP contribution in [-0.2, 0) is 16.8 Å². The minimum atomic E-state index is -0.521. The predicted molar refractivity (Wildman–Crippen MR) is 126 cm³/mol. The van der Waals surface area contributed by atoms with Crippen molar-refractivity contribution in [3.05, 3.63) is 100 Å². The zero-order chi connectivity index (χ0) is 23.3. The van der Waals surface area contributed by atoms with Gasteiger partial charge in [-0.15, -0.1) is 0 Å². The van der Waals surface area contributed by atoms with Gasteiger partial charge in [0.05, 0.1) is 5.56 Å². The molecule has 166 valence electrons. The molecule has 0 unspecified atom stereocenters. The van der Waals surface area contributed by atoms with Crippen molar-refractivity contribution in [1.29, 1.82) is 0 Å². The smallest absolute Gasteiger partial charge is 0.338 e. The summed E-state index contributed by atoms with van der Waals surface area (Å²) >= 11 is 0. The summed E-state index contributed by atoms with van der Waals surface area (Å²) in [5.74, 6) is 0.0581. The van der Waals surface area contributed by atoms with Gasteiger partial charge in [0.25, 0.3) is 0 Å². The molecule has 0 bridgehead atoms. The van der Waals surface area contributed by atoms with Gasteiger partial charge in [0.1, 0.15) is 12.4 Å². The molecule has 4 nitrogen and oxygen atoms in total. The van der Waals surface area contributed by atoms with Gasteiger partial charge in [0.15, 0.2) is 12.4 Å². The Kier molecular flexibility index (Phi) is 7.14. The largest absolute Gasteiger partial charge is 0.489 e. The van der Waals surface area contributed by atoms with E-state index in [4.69, 9.17) is 9.47 Å². The number of hydrogen-bond donors (Lipinski definition) is 0. The maximum Gasteiger partial charge on any atom is 0.338 e. The number of ketones is 1. The van der Waals surface area contributed by atoms with Crippen LogP contribution >= 0.6 is 0 Å². The van der Waals surface area contributed by atoms with E-state index < -0.39 is 5.97 Å². The van der Waals surface area contributed by atoms with Gasteiger partial charge in [-0.1, -0.05) is 57.2 Å². The van der Waals surface area contributed by atoms with Gasteiger partial charge >= 0.3 is 5.97 Å². The van der Waals surface area contributed by atoms with Crippen LogP contribution in [0.4, 0.5) is 0 Å². The minimum absolute atomic E-state index is 0.104. The van der Waals surface area contributed by atoms with Crippen LogP contribution in [0.2, 0.25) is 0 Å². The molecule has 0 aromatic heterocycles. The van der Waals surface area contributed by atoms with E-state index >= 15 is 0 Å². The highest BCUT2D eigenvalue weighted by atomic mass is 16.5. The van der Waals surface area contributed by atoms with Gasteiger partial charge in [-0.3, -0.25) is 4.79 Å². The van der Waals surface area contributed by atoms with Crippen LogP contribution < -0.4 is 4.74 Å². The number of rotatable bonds is 7. The first-order chi connectivity index (χ1) is 15.1. The van der Waals surface area contributed by atoms with Crippen LogP contribution in [0.3, 0.4) is 0 Å². The van der Waals surface area contributed by atoms with Gasteiger partial charge < -0.3 is 9.47 Å². The summed E-state index contributed by atoms with van der Waals surface area (Å²) in [5, 5.41) is 0. The molecule has 0 spiro atoms. The second-order valence-electron chi connectivity index (χ2n) is 9.06. The number of benzene rings is 3. The molecule has 3 aromatic carbocycles. The summed E-state index contributed by atoms with van der Waals surface area (Å²) in [6.07, 6.45) is 0. The molecule has 0 radical (unpaired) electrons. The second kappa shape index (κ2) is 9.82. The van der Waals surface area contributed by atoms with Gasteiger partial charge in [0, 0.05) is 5.56 Å². The molecule has 0 amide bonds. The molecular weight excluding hydrogens is 400 g/mol. The average molecular weight is 431 g/mol. The summed E-state index contributed by atoms with van der Waals surface area (Å²) < 4.78 is 11.0. The lowest BCUT2D eigenvalue weighted by atomic mass is 9.87. The Morgan fingerprint density at radius 1 is 0.781 bits per heavy atom. The van der Waals surface area contributed by atoms with Gasteiger partial charge in [0.2, 0.25) is 0 Å². The summed E-state index contributed by atoms with van der Waals surface area (Å²) in [6, 6.07) is 20.6. The highest BCUT2D eigenvalue weighted by Gasteiger charge is 2.14. The van der Waals surface area contributed by atoms with E-state index in [9.17, 15) is 9.59 Å². The Morgan fingerprint density at radius 3 is 2.00 bits per heavy atom. The molecule has 0 aliphatic rings. The van der Waals surface area contributed by atoms with Gasteiger partial charge in [-0.05, 0) is 71.8 Å². The second-order valence-corrected chi connectivity index (χ2v) is 9.06. The molecule has 3 aromatic rings. The molecule has 0 fully saturated rings. The number of ether oxygens (including phenoxy) is 2. The predicted octanol–water partition coefficient (Wildman–Crippen LogP) is 6.22. The number of hydrogen-bond acceptors (Lipinski definition) is 4. The van der Waals surface area contributed by atoms with E-state index in [2.05, 4.69) is 32.9 Å². The van der Waals surface area contributed by atoms with Crippen molar-refractivity contribution in [2.24, 2.45) is 0 Å². The standard InChI is InChI=1S/C28H30O4/c1-19-6-9-23(16-20(19)2)26(29)18-32-27(30)22-10-7-21(8-11-22)17-31-25-14-12-24(13-15-25)28(3,4)5/h6-16H,17-18H2,1-5H3. The minimum Gasteiger partial charge on any atom is -0.489 e. The molecule has 0 heterocycles. The van der Waals surface area contributed by atoms with Crippen molar-refractivity contribution in [3.63, 3.8) is 0 Å². The monoisotopic (exact) mass is 430 g/mol. The Bertz CT molecular complexity index is 1090. The van der Waals surface area contributed by atoms with E-state index in [-0.39, 0.29) is 17.8 Å². The van der Waals surface area contributed by atoms with Crippen molar-refractivity contribution in [2.75, 3.05) is 6.61 Å². The Labute approximate surface area is 190 Å². The fraction of sp³-hybridized carbons (Fsp3) is 0.286. The lowest BCUT2D eigenvalue weighted by Crippen LogP contribution is -2.14. The zero-order valence-electron chi connectivity index (χ0n) is 19.4. The van der Waals surface area contributed by atoms with E-state index in [1.165, 1.54) is 5.56 Å². The zero-order valence-corrected chi connectivity index (χ0v) is 19.4. The van der Waals surface area contributed by atoms with Crippen molar-refractivity contribution < 1.29 is 19.1 Å². The lowest BCUT2D eigenvalue weighted by molar-refractivity contribution is 0.0474. The Morgan fingerprint density at radius 2 is 1.41 bits per heavy atom. The van der Waals surface area contributed by atoms with Crippen molar-refractivity contribution >= 4 is 11.8 Å². The van der Waals surface area contributed by atoms with E-state index in [0.717, 1.165) is 22.4 Å². The molecule has 0 N–H and O–H groups in total. The van der Waals surface area contributed by atoms with E-state index in [1.807, 2.05) is 50.2 Å². The molecular formula is C28H30O4. The lowest BCUT2D eigenvalue weighted by Gasteiger charge is -2.19. The summed E-state index contributed by atoms with van der Waals surface area (Å²) in [5.41, 5.74) is 5.39. The summed E-state index contributed by atoms with van der Waals surface area (Å²) in [7, 11) is 0. The molecule has 32 heavy (non-hydrogen) atoms. The van der Waals surface area contributed by atoms with Crippen LogP contribution in [0.15, 0.2) is 66.7 Å². The summed E-state index contributed by atoms with van der Waals surface area (Å²) in [6.45, 7) is 10.6. The average Bonchev–Trinajstić information content (AvgIpc) is 2.77. The van der Waals surface area contributed by atoms with Crippen LogP contribution in [0.25, 0.3) is 0 Å². The Balaban J connectivity index is 1.51. The maximum atomic E-state index is 12.3. The van der Waals surface area contributed by atoms with Crippen molar-refractivity contribution in [1.82, 2.24) is 0 Å². The van der Waals surface area contributed by atoms with Crippen molar-refractivity contribution in [3.8, 4) is 5.75 Å². The molecule has 0 saturated heterocycles. The molecule has 0 aliphatic carbocycles. The summed E-state index contributed by atoms with van der Waals surface area (Å²) in [4.78, 5) is 24.6. The maximum absolute atomic E-state index is 12.3. The third kappa shape index (κ3) is 6.07. The third-order valence-electron chi connectivity index (χ3n) is 5.48.